The Hall–Kier alpha value is -1.55. The lowest BCUT2D eigenvalue weighted by atomic mass is 10.1. The standard InChI is InChI=1S/C12H12O3S/c1-9(14)16-7-3-6-10-4-2-5-11(8-13)12(10)15/h2-6,8,15H,7H2,1H3. The number of aldehydes is 1. The number of benzene rings is 1. The Kier molecular flexibility index (Phi) is 4.79. The molecule has 0 unspecified atom stereocenters. The van der Waals surface area contributed by atoms with Crippen molar-refractivity contribution in [1.29, 1.82) is 0 Å². The highest BCUT2D eigenvalue weighted by Crippen LogP contribution is 2.22. The molecule has 0 radical (unpaired) electrons. The maximum Gasteiger partial charge on any atom is 0.186 e. The topological polar surface area (TPSA) is 54.4 Å². The van der Waals surface area contributed by atoms with Crippen LogP contribution in [0.5, 0.6) is 5.75 Å². The van der Waals surface area contributed by atoms with Gasteiger partial charge < -0.3 is 5.11 Å². The quantitative estimate of drug-likeness (QED) is 0.816. The predicted octanol–water partition coefficient (Wildman–Crippen LogP) is 2.50. The number of hydrogen-bond donors (Lipinski definition) is 1. The molecule has 4 heteroatoms. The van der Waals surface area contributed by atoms with Crippen LogP contribution < -0.4 is 0 Å². The molecule has 0 atom stereocenters. The molecule has 0 fully saturated rings. The van der Waals surface area contributed by atoms with E-state index in [1.54, 1.807) is 30.4 Å². The molecule has 0 spiro atoms. The summed E-state index contributed by atoms with van der Waals surface area (Å²) in [4.78, 5) is 21.2. The zero-order valence-corrected chi connectivity index (χ0v) is 9.66. The summed E-state index contributed by atoms with van der Waals surface area (Å²) in [6.45, 7) is 1.50. The fourth-order valence-electron chi connectivity index (χ4n) is 1.15. The van der Waals surface area contributed by atoms with E-state index in [-0.39, 0.29) is 16.4 Å². The lowest BCUT2D eigenvalue weighted by molar-refractivity contribution is -0.109. The minimum Gasteiger partial charge on any atom is -0.507 e. The van der Waals surface area contributed by atoms with E-state index in [1.165, 1.54) is 18.7 Å². The van der Waals surface area contributed by atoms with Crippen LogP contribution in [0.2, 0.25) is 0 Å². The Labute approximate surface area is 98.2 Å². The molecule has 1 aromatic rings. The Balaban J connectivity index is 2.73. The van der Waals surface area contributed by atoms with E-state index in [0.29, 0.717) is 17.6 Å². The van der Waals surface area contributed by atoms with Crippen LogP contribution in [0, 0.1) is 0 Å². The number of rotatable bonds is 4. The summed E-state index contributed by atoms with van der Waals surface area (Å²) >= 11 is 1.19. The van der Waals surface area contributed by atoms with Gasteiger partial charge in [-0.1, -0.05) is 36.0 Å². The van der Waals surface area contributed by atoms with Crippen molar-refractivity contribution in [2.24, 2.45) is 0 Å². The number of para-hydroxylation sites is 1. The van der Waals surface area contributed by atoms with Crippen LogP contribution in [0.3, 0.4) is 0 Å². The van der Waals surface area contributed by atoms with Crippen molar-refractivity contribution in [3.63, 3.8) is 0 Å². The molecule has 0 aliphatic rings. The van der Waals surface area contributed by atoms with E-state index in [2.05, 4.69) is 0 Å². The zero-order chi connectivity index (χ0) is 12.0. The molecule has 0 saturated heterocycles. The third-order valence-electron chi connectivity index (χ3n) is 1.91. The molecule has 84 valence electrons. The summed E-state index contributed by atoms with van der Waals surface area (Å²) < 4.78 is 0. The number of carbonyl (C=O) groups excluding carboxylic acids is 2. The highest BCUT2D eigenvalue weighted by atomic mass is 32.2. The van der Waals surface area contributed by atoms with Gasteiger partial charge in [0.15, 0.2) is 11.4 Å². The highest BCUT2D eigenvalue weighted by Gasteiger charge is 2.02. The third kappa shape index (κ3) is 3.55. The number of phenolic OH excluding ortho intramolecular Hbond substituents is 1. The molecule has 0 aliphatic heterocycles. The molecule has 0 aliphatic carbocycles. The molecule has 0 amide bonds. The number of phenols is 1. The molecule has 0 heterocycles. The summed E-state index contributed by atoms with van der Waals surface area (Å²) in [5.41, 5.74) is 0.843. The first-order valence-corrected chi connectivity index (χ1v) is 5.70. The summed E-state index contributed by atoms with van der Waals surface area (Å²) in [6.07, 6.45) is 4.07. The lowest BCUT2D eigenvalue weighted by Gasteiger charge is -2.00. The molecular formula is C12H12O3S. The van der Waals surface area contributed by atoms with Crippen LogP contribution in [0.25, 0.3) is 6.08 Å². The highest BCUT2D eigenvalue weighted by molar-refractivity contribution is 8.13. The molecule has 1 N–H and O–H groups in total. The smallest absolute Gasteiger partial charge is 0.186 e. The first kappa shape index (κ1) is 12.5. The van der Waals surface area contributed by atoms with Crippen molar-refractivity contribution in [3.8, 4) is 5.75 Å². The SMILES string of the molecule is CC(=O)SCC=Cc1cccc(C=O)c1O. The number of thioether (sulfide) groups is 1. The van der Waals surface area contributed by atoms with Gasteiger partial charge >= 0.3 is 0 Å². The van der Waals surface area contributed by atoms with Crippen LogP contribution >= 0.6 is 11.8 Å². The van der Waals surface area contributed by atoms with Gasteiger partial charge in [-0.05, 0) is 6.07 Å². The predicted molar refractivity (Wildman–Crippen MR) is 65.7 cm³/mol. The van der Waals surface area contributed by atoms with Crippen molar-refractivity contribution in [2.45, 2.75) is 6.92 Å². The summed E-state index contributed by atoms with van der Waals surface area (Å²) in [5.74, 6) is 0.529. The van der Waals surface area contributed by atoms with Crippen LogP contribution in [0.15, 0.2) is 24.3 Å². The zero-order valence-electron chi connectivity index (χ0n) is 8.84. The van der Waals surface area contributed by atoms with Gasteiger partial charge in [-0.25, -0.2) is 0 Å². The van der Waals surface area contributed by atoms with Crippen LogP contribution in [-0.4, -0.2) is 22.3 Å². The Bertz CT molecular complexity index is 424. The van der Waals surface area contributed by atoms with Gasteiger partial charge in [0.25, 0.3) is 0 Å². The van der Waals surface area contributed by atoms with Crippen LogP contribution in [0.1, 0.15) is 22.8 Å². The van der Waals surface area contributed by atoms with E-state index in [0.717, 1.165) is 0 Å². The third-order valence-corrected chi connectivity index (χ3v) is 2.67. The molecular weight excluding hydrogens is 224 g/mol. The second-order valence-corrected chi connectivity index (χ2v) is 4.30. The van der Waals surface area contributed by atoms with E-state index in [4.69, 9.17) is 0 Å². The second kappa shape index (κ2) is 6.12. The first-order chi connectivity index (χ1) is 7.65. The minimum atomic E-state index is -0.0263. The summed E-state index contributed by atoms with van der Waals surface area (Å²) in [6, 6.07) is 4.95. The molecule has 0 saturated carbocycles. The second-order valence-electron chi connectivity index (χ2n) is 3.11. The Morgan fingerprint density at radius 2 is 2.12 bits per heavy atom. The maximum atomic E-state index is 10.7. The van der Waals surface area contributed by atoms with E-state index < -0.39 is 0 Å². The largest absolute Gasteiger partial charge is 0.507 e. The number of hydrogen-bond acceptors (Lipinski definition) is 4. The first-order valence-electron chi connectivity index (χ1n) is 4.72. The normalized spacial score (nSPS) is 10.6. The van der Waals surface area contributed by atoms with Gasteiger partial charge in [0, 0.05) is 18.2 Å². The van der Waals surface area contributed by atoms with Gasteiger partial charge in [0.2, 0.25) is 0 Å². The molecule has 1 aromatic carbocycles. The fourth-order valence-corrected chi connectivity index (χ4v) is 1.58. The number of carbonyl (C=O) groups is 2. The monoisotopic (exact) mass is 236 g/mol. The van der Waals surface area contributed by atoms with Crippen molar-refractivity contribution < 1.29 is 14.7 Å². The molecule has 1 rings (SSSR count). The van der Waals surface area contributed by atoms with Gasteiger partial charge in [-0.3, -0.25) is 9.59 Å². The van der Waals surface area contributed by atoms with Crippen molar-refractivity contribution in [3.05, 3.63) is 35.4 Å². The van der Waals surface area contributed by atoms with Gasteiger partial charge in [0.1, 0.15) is 5.75 Å². The van der Waals surface area contributed by atoms with Crippen molar-refractivity contribution in [2.75, 3.05) is 5.75 Å². The van der Waals surface area contributed by atoms with Gasteiger partial charge in [-0.15, -0.1) is 0 Å². The average Bonchev–Trinajstić information content (AvgIpc) is 2.26. The van der Waals surface area contributed by atoms with E-state index >= 15 is 0 Å². The molecule has 0 aromatic heterocycles. The van der Waals surface area contributed by atoms with Gasteiger partial charge in [0.05, 0.1) is 5.56 Å². The summed E-state index contributed by atoms with van der Waals surface area (Å²) in [5, 5.41) is 9.69. The molecule has 3 nitrogen and oxygen atoms in total. The molecule has 16 heavy (non-hydrogen) atoms. The Morgan fingerprint density at radius 1 is 1.44 bits per heavy atom. The van der Waals surface area contributed by atoms with Gasteiger partial charge in [-0.2, -0.15) is 0 Å². The number of aromatic hydroxyl groups is 1. The van der Waals surface area contributed by atoms with E-state index in [9.17, 15) is 14.7 Å². The van der Waals surface area contributed by atoms with Crippen LogP contribution in [-0.2, 0) is 4.79 Å². The molecule has 0 bridgehead atoms. The summed E-state index contributed by atoms with van der Waals surface area (Å²) in [7, 11) is 0. The lowest BCUT2D eigenvalue weighted by Crippen LogP contribution is -1.85. The van der Waals surface area contributed by atoms with Crippen molar-refractivity contribution in [1.82, 2.24) is 0 Å². The minimum absolute atomic E-state index is 0.0263. The fraction of sp³-hybridized carbons (Fsp3) is 0.167. The van der Waals surface area contributed by atoms with Crippen molar-refractivity contribution >= 4 is 29.2 Å². The average molecular weight is 236 g/mol. The van der Waals surface area contributed by atoms with E-state index in [1.807, 2.05) is 0 Å². The van der Waals surface area contributed by atoms with Crippen LogP contribution in [0.4, 0.5) is 0 Å². The maximum absolute atomic E-state index is 10.7. The Morgan fingerprint density at radius 3 is 2.75 bits per heavy atom.